The zero-order chi connectivity index (χ0) is 15.6. The Labute approximate surface area is 144 Å². The molecule has 3 aliphatic rings. The molecular weight excluding hydrogens is 391 g/mol. The fourth-order valence-electron chi connectivity index (χ4n) is 5.37. The molecule has 2 fully saturated rings. The van der Waals surface area contributed by atoms with Crippen LogP contribution in [0.2, 0.25) is 0 Å². The number of Topliss-reactive ketones (excluding diaryl/α,β-unsaturated/α-hetero) is 1. The Balaban J connectivity index is 1.79. The van der Waals surface area contributed by atoms with Crippen molar-refractivity contribution in [3.8, 4) is 5.75 Å². The summed E-state index contributed by atoms with van der Waals surface area (Å²) in [6, 6.07) is 3.92. The monoisotopic (exact) mass is 412 g/mol. The van der Waals surface area contributed by atoms with Gasteiger partial charge in [0.15, 0.2) is 0 Å². The van der Waals surface area contributed by atoms with Crippen molar-refractivity contribution in [3.05, 3.63) is 26.8 Å². The smallest absolute Gasteiger partial charge is 0.139 e. The molecule has 0 saturated heterocycles. The van der Waals surface area contributed by atoms with Crippen molar-refractivity contribution in [1.82, 2.24) is 0 Å². The van der Waals surface area contributed by atoms with E-state index in [1.165, 1.54) is 5.56 Å². The first-order chi connectivity index (χ1) is 10.4. The topological polar surface area (TPSA) is 57.5 Å². The molecule has 3 nitrogen and oxygen atoms in total. The van der Waals surface area contributed by atoms with Crippen molar-refractivity contribution >= 4 is 28.4 Å². The number of aromatic hydroxyl groups is 1. The van der Waals surface area contributed by atoms with Gasteiger partial charge >= 0.3 is 0 Å². The van der Waals surface area contributed by atoms with E-state index in [9.17, 15) is 15.0 Å². The number of ketones is 1. The molecule has 1 aromatic rings. The van der Waals surface area contributed by atoms with Crippen molar-refractivity contribution in [2.45, 2.75) is 51.0 Å². The SMILES string of the molecule is C[C@]12CCC3c4cc(I)c(O)cc4CC(O)C3C1CCC2=O. The van der Waals surface area contributed by atoms with Crippen molar-refractivity contribution in [2.24, 2.45) is 17.3 Å². The number of hydrogen-bond acceptors (Lipinski definition) is 3. The molecule has 3 aliphatic carbocycles. The molecule has 118 valence electrons. The van der Waals surface area contributed by atoms with Crippen LogP contribution in [0.3, 0.4) is 0 Å². The van der Waals surface area contributed by atoms with Crippen molar-refractivity contribution < 1.29 is 15.0 Å². The molecule has 22 heavy (non-hydrogen) atoms. The fraction of sp³-hybridized carbons (Fsp3) is 0.611. The second-order valence-electron chi connectivity index (χ2n) is 7.48. The molecule has 0 aliphatic heterocycles. The van der Waals surface area contributed by atoms with E-state index in [4.69, 9.17) is 0 Å². The quantitative estimate of drug-likeness (QED) is 0.643. The van der Waals surface area contributed by atoms with Gasteiger partial charge in [0.25, 0.3) is 0 Å². The van der Waals surface area contributed by atoms with Gasteiger partial charge in [-0.2, -0.15) is 0 Å². The average Bonchev–Trinajstić information content (AvgIpc) is 2.77. The molecule has 1 aromatic carbocycles. The molecular formula is C18H21IO3. The minimum absolute atomic E-state index is 0.193. The van der Waals surface area contributed by atoms with Gasteiger partial charge in [-0.25, -0.2) is 0 Å². The number of rotatable bonds is 0. The Hall–Kier alpha value is -0.620. The number of carbonyl (C=O) groups excluding carboxylic acids is 1. The molecule has 2 saturated carbocycles. The number of fused-ring (bicyclic) bond motifs is 5. The van der Waals surface area contributed by atoms with E-state index in [1.54, 1.807) is 0 Å². The maximum absolute atomic E-state index is 12.3. The number of phenols is 1. The lowest BCUT2D eigenvalue weighted by Crippen LogP contribution is -2.48. The Morgan fingerprint density at radius 2 is 2.09 bits per heavy atom. The zero-order valence-electron chi connectivity index (χ0n) is 12.7. The van der Waals surface area contributed by atoms with E-state index >= 15 is 0 Å². The number of carbonyl (C=O) groups is 1. The van der Waals surface area contributed by atoms with Crippen molar-refractivity contribution in [2.75, 3.05) is 0 Å². The molecule has 0 radical (unpaired) electrons. The number of hydrogen-bond donors (Lipinski definition) is 2. The fourth-order valence-corrected chi connectivity index (χ4v) is 5.86. The normalized spacial score (nSPS) is 40.0. The molecule has 0 aromatic heterocycles. The highest BCUT2D eigenvalue weighted by Gasteiger charge is 2.56. The number of aliphatic hydroxyl groups is 1. The van der Waals surface area contributed by atoms with E-state index in [0.29, 0.717) is 36.2 Å². The van der Waals surface area contributed by atoms with Crippen LogP contribution in [0, 0.1) is 20.8 Å². The van der Waals surface area contributed by atoms with Gasteiger partial charge < -0.3 is 10.2 Å². The van der Waals surface area contributed by atoms with E-state index in [0.717, 1.165) is 28.4 Å². The Bertz CT molecular complexity index is 656. The van der Waals surface area contributed by atoms with E-state index in [2.05, 4.69) is 35.6 Å². The third-order valence-electron chi connectivity index (χ3n) is 6.52. The summed E-state index contributed by atoms with van der Waals surface area (Å²) in [4.78, 5) is 12.3. The molecule has 0 amide bonds. The summed E-state index contributed by atoms with van der Waals surface area (Å²) in [7, 11) is 0. The minimum Gasteiger partial charge on any atom is -0.507 e. The second kappa shape index (κ2) is 4.94. The summed E-state index contributed by atoms with van der Waals surface area (Å²) in [6.45, 7) is 2.12. The van der Waals surface area contributed by atoms with Crippen LogP contribution < -0.4 is 0 Å². The first kappa shape index (κ1) is 14.9. The van der Waals surface area contributed by atoms with Crippen molar-refractivity contribution in [1.29, 1.82) is 0 Å². The van der Waals surface area contributed by atoms with Crippen LogP contribution >= 0.6 is 22.6 Å². The van der Waals surface area contributed by atoms with E-state index in [1.807, 2.05) is 6.07 Å². The summed E-state index contributed by atoms with van der Waals surface area (Å²) < 4.78 is 0.877. The average molecular weight is 412 g/mol. The molecule has 4 rings (SSSR count). The summed E-state index contributed by atoms with van der Waals surface area (Å²) >= 11 is 2.17. The second-order valence-corrected chi connectivity index (χ2v) is 8.64. The molecule has 0 bridgehead atoms. The van der Waals surface area contributed by atoms with Gasteiger partial charge in [0.05, 0.1) is 9.67 Å². The minimum atomic E-state index is -0.396. The number of aliphatic hydroxyl groups excluding tert-OH is 1. The van der Waals surface area contributed by atoms with Gasteiger partial charge in [-0.3, -0.25) is 4.79 Å². The lowest BCUT2D eigenvalue weighted by Gasteiger charge is -2.50. The molecule has 0 spiro atoms. The van der Waals surface area contributed by atoms with Gasteiger partial charge in [0, 0.05) is 11.8 Å². The van der Waals surface area contributed by atoms with Crippen LogP contribution in [0.15, 0.2) is 12.1 Å². The lowest BCUT2D eigenvalue weighted by atomic mass is 9.55. The maximum Gasteiger partial charge on any atom is 0.139 e. The Morgan fingerprint density at radius 3 is 2.86 bits per heavy atom. The van der Waals surface area contributed by atoms with Crippen LogP contribution in [0.5, 0.6) is 5.75 Å². The van der Waals surface area contributed by atoms with Crippen LogP contribution in [-0.2, 0) is 11.2 Å². The Kier molecular flexibility index (Phi) is 3.35. The molecule has 0 heterocycles. The predicted octanol–water partition coefficient (Wildman–Crippen LogP) is 3.39. The largest absolute Gasteiger partial charge is 0.507 e. The van der Waals surface area contributed by atoms with Gasteiger partial charge in [-0.05, 0) is 89.3 Å². The summed E-state index contributed by atoms with van der Waals surface area (Å²) in [5.74, 6) is 1.54. The highest BCUT2D eigenvalue weighted by atomic mass is 127. The molecule has 4 heteroatoms. The summed E-state index contributed by atoms with van der Waals surface area (Å²) in [5, 5.41) is 20.7. The third kappa shape index (κ3) is 1.92. The zero-order valence-corrected chi connectivity index (χ0v) is 14.8. The van der Waals surface area contributed by atoms with Crippen LogP contribution in [0.1, 0.15) is 49.7 Å². The molecule has 4 unspecified atom stereocenters. The highest BCUT2D eigenvalue weighted by Crippen LogP contribution is 2.59. The molecule has 5 atom stereocenters. The van der Waals surface area contributed by atoms with Gasteiger partial charge in [0.2, 0.25) is 0 Å². The van der Waals surface area contributed by atoms with Crippen LogP contribution in [0.25, 0.3) is 0 Å². The number of phenolic OH excluding ortho intramolecular Hbond substituents is 1. The first-order valence-electron chi connectivity index (χ1n) is 8.14. The third-order valence-corrected chi connectivity index (χ3v) is 7.39. The lowest BCUT2D eigenvalue weighted by molar-refractivity contribution is -0.131. The standard InChI is InChI=1S/C18H21IO3/c1-18-5-4-10-11-8-13(19)14(20)6-9(11)7-15(21)17(10)12(18)2-3-16(18)22/h6,8,10,12,15,17,20-21H,2-5,7H2,1H3/t10?,12?,15?,17?,18-/m0/s1. The highest BCUT2D eigenvalue weighted by molar-refractivity contribution is 14.1. The first-order valence-corrected chi connectivity index (χ1v) is 9.22. The van der Waals surface area contributed by atoms with Crippen LogP contribution in [0.4, 0.5) is 0 Å². The maximum atomic E-state index is 12.3. The predicted molar refractivity (Wildman–Crippen MR) is 91.8 cm³/mol. The van der Waals surface area contributed by atoms with Gasteiger partial charge in [-0.1, -0.05) is 6.92 Å². The van der Waals surface area contributed by atoms with Gasteiger partial charge in [0.1, 0.15) is 11.5 Å². The Morgan fingerprint density at radius 1 is 1.32 bits per heavy atom. The van der Waals surface area contributed by atoms with Gasteiger partial charge in [-0.15, -0.1) is 0 Å². The van der Waals surface area contributed by atoms with Crippen LogP contribution in [-0.4, -0.2) is 22.1 Å². The van der Waals surface area contributed by atoms with Crippen molar-refractivity contribution in [3.63, 3.8) is 0 Å². The summed E-state index contributed by atoms with van der Waals surface area (Å²) in [5.41, 5.74) is 2.16. The molecule has 2 N–H and O–H groups in total. The van der Waals surface area contributed by atoms with E-state index < -0.39 is 6.10 Å². The number of benzene rings is 1. The summed E-state index contributed by atoms with van der Waals surface area (Å²) in [6.07, 6.45) is 3.71. The van der Waals surface area contributed by atoms with E-state index in [-0.39, 0.29) is 11.3 Å². The number of halogens is 1.